The van der Waals surface area contributed by atoms with Gasteiger partial charge in [-0.1, -0.05) is 62.4 Å². The van der Waals surface area contributed by atoms with E-state index < -0.39 is 0 Å². The zero-order valence-corrected chi connectivity index (χ0v) is 13.5. The van der Waals surface area contributed by atoms with Crippen molar-refractivity contribution in [3.8, 4) is 11.3 Å². The van der Waals surface area contributed by atoms with Gasteiger partial charge in [0.25, 0.3) is 0 Å². The topological polar surface area (TPSA) is 42.7 Å². The third-order valence-electron chi connectivity index (χ3n) is 4.49. The lowest BCUT2D eigenvalue weighted by atomic mass is 9.96. The van der Waals surface area contributed by atoms with Crippen LogP contribution in [0.4, 0.5) is 0 Å². The van der Waals surface area contributed by atoms with Crippen molar-refractivity contribution >= 4 is 0 Å². The molecule has 4 nitrogen and oxygen atoms in total. The van der Waals surface area contributed by atoms with E-state index in [2.05, 4.69) is 39.8 Å². The predicted octanol–water partition coefficient (Wildman–Crippen LogP) is 3.68. The maximum Gasteiger partial charge on any atom is 0.117 e. The number of nitrogens with zero attached hydrogens (tertiary/aromatic N) is 3. The van der Waals surface area contributed by atoms with Crippen LogP contribution in [0.15, 0.2) is 30.3 Å². The van der Waals surface area contributed by atoms with Crippen LogP contribution in [-0.2, 0) is 13.6 Å². The monoisotopic (exact) mass is 298 g/mol. The second-order valence-corrected chi connectivity index (χ2v) is 6.27. The Balaban J connectivity index is 1.67. The molecule has 22 heavy (non-hydrogen) atoms. The first-order valence-corrected chi connectivity index (χ1v) is 8.52. The minimum atomic E-state index is 0.630. The van der Waals surface area contributed by atoms with E-state index in [1.807, 2.05) is 13.1 Å². The van der Waals surface area contributed by atoms with Crippen LogP contribution < -0.4 is 5.32 Å². The summed E-state index contributed by atoms with van der Waals surface area (Å²) in [6, 6.07) is 11.0. The van der Waals surface area contributed by atoms with Crippen molar-refractivity contribution in [3.05, 3.63) is 36.0 Å². The summed E-state index contributed by atoms with van der Waals surface area (Å²) in [6.45, 7) is 0.808. The molecule has 0 spiro atoms. The van der Waals surface area contributed by atoms with E-state index in [-0.39, 0.29) is 0 Å². The Labute approximate surface area is 132 Å². The average Bonchev–Trinajstić information content (AvgIpc) is 2.88. The highest BCUT2D eigenvalue weighted by Crippen LogP contribution is 2.21. The van der Waals surface area contributed by atoms with Crippen molar-refractivity contribution in [1.29, 1.82) is 0 Å². The lowest BCUT2D eigenvalue weighted by Crippen LogP contribution is -2.29. The summed E-state index contributed by atoms with van der Waals surface area (Å²) in [5.41, 5.74) is 3.20. The molecule has 1 fully saturated rings. The van der Waals surface area contributed by atoms with Gasteiger partial charge in [0.2, 0.25) is 0 Å². The van der Waals surface area contributed by atoms with Crippen molar-refractivity contribution < 1.29 is 0 Å². The van der Waals surface area contributed by atoms with Crippen LogP contribution in [0.3, 0.4) is 0 Å². The number of benzene rings is 1. The largest absolute Gasteiger partial charge is 0.308 e. The highest BCUT2D eigenvalue weighted by atomic mass is 15.5. The minimum absolute atomic E-state index is 0.630. The molecule has 1 saturated carbocycles. The molecule has 2 aromatic rings. The van der Waals surface area contributed by atoms with Crippen LogP contribution in [0, 0.1) is 0 Å². The van der Waals surface area contributed by atoms with E-state index >= 15 is 0 Å². The first-order chi connectivity index (χ1) is 10.8. The maximum absolute atomic E-state index is 4.56. The molecule has 0 amide bonds. The Morgan fingerprint density at radius 3 is 2.41 bits per heavy atom. The highest BCUT2D eigenvalue weighted by Gasteiger charge is 2.15. The molecule has 4 heteroatoms. The Bertz CT molecular complexity index is 568. The number of nitrogens with one attached hydrogen (secondary N) is 1. The van der Waals surface area contributed by atoms with Crippen LogP contribution in [0.2, 0.25) is 0 Å². The second kappa shape index (κ2) is 7.54. The maximum atomic E-state index is 4.56. The fourth-order valence-electron chi connectivity index (χ4n) is 3.29. The molecular weight excluding hydrogens is 272 g/mol. The van der Waals surface area contributed by atoms with Gasteiger partial charge in [0.15, 0.2) is 0 Å². The summed E-state index contributed by atoms with van der Waals surface area (Å²) in [4.78, 5) is 1.68. The fourth-order valence-corrected chi connectivity index (χ4v) is 3.29. The van der Waals surface area contributed by atoms with Crippen molar-refractivity contribution in [2.24, 2.45) is 7.05 Å². The standard InChI is InChI=1S/C18H26N4/c1-22-20-17(18(21-22)15-10-6-5-7-11-15)14-19-16-12-8-3-2-4-9-13-16/h5-7,10-11,16,19H,2-4,8-9,12-14H2,1H3. The number of hydrogen-bond donors (Lipinski definition) is 1. The van der Waals surface area contributed by atoms with E-state index in [9.17, 15) is 0 Å². The highest BCUT2D eigenvalue weighted by molar-refractivity contribution is 5.60. The van der Waals surface area contributed by atoms with Crippen LogP contribution >= 0.6 is 0 Å². The second-order valence-electron chi connectivity index (χ2n) is 6.27. The first kappa shape index (κ1) is 15.2. The fraction of sp³-hybridized carbons (Fsp3) is 0.556. The Morgan fingerprint density at radius 1 is 1.00 bits per heavy atom. The summed E-state index contributed by atoms with van der Waals surface area (Å²) in [5, 5.41) is 12.8. The van der Waals surface area contributed by atoms with E-state index in [4.69, 9.17) is 0 Å². The molecule has 0 atom stereocenters. The Hall–Kier alpha value is -1.68. The van der Waals surface area contributed by atoms with Crippen LogP contribution in [0.25, 0.3) is 11.3 Å². The summed E-state index contributed by atoms with van der Waals surface area (Å²) in [6.07, 6.45) is 9.47. The van der Waals surface area contributed by atoms with Crippen LogP contribution in [0.5, 0.6) is 0 Å². The van der Waals surface area contributed by atoms with Crippen LogP contribution in [0.1, 0.15) is 50.6 Å². The van der Waals surface area contributed by atoms with E-state index in [0.717, 1.165) is 23.5 Å². The zero-order chi connectivity index (χ0) is 15.2. The molecule has 1 aromatic carbocycles. The summed E-state index contributed by atoms with van der Waals surface area (Å²) >= 11 is 0. The molecule has 1 aromatic heterocycles. The third kappa shape index (κ3) is 3.95. The summed E-state index contributed by atoms with van der Waals surface area (Å²) in [7, 11) is 1.89. The van der Waals surface area contributed by atoms with E-state index in [1.54, 1.807) is 4.80 Å². The Kier molecular flexibility index (Phi) is 5.22. The molecule has 3 rings (SSSR count). The number of aromatic nitrogens is 3. The quantitative estimate of drug-likeness (QED) is 0.936. The molecular formula is C18H26N4. The molecule has 118 valence electrons. The number of rotatable bonds is 4. The lowest BCUT2D eigenvalue weighted by molar-refractivity contribution is 0.387. The van der Waals surface area contributed by atoms with E-state index in [0.29, 0.717) is 6.04 Å². The molecule has 0 saturated heterocycles. The van der Waals surface area contributed by atoms with Crippen molar-refractivity contribution in [3.63, 3.8) is 0 Å². The predicted molar refractivity (Wildman–Crippen MR) is 89.4 cm³/mol. The normalized spacial score (nSPS) is 17.1. The van der Waals surface area contributed by atoms with Crippen molar-refractivity contribution in [1.82, 2.24) is 20.3 Å². The van der Waals surface area contributed by atoms with Gasteiger partial charge in [-0.25, -0.2) is 0 Å². The molecule has 0 radical (unpaired) electrons. The van der Waals surface area contributed by atoms with Gasteiger partial charge in [0.05, 0.1) is 0 Å². The first-order valence-electron chi connectivity index (χ1n) is 8.52. The van der Waals surface area contributed by atoms with Gasteiger partial charge >= 0.3 is 0 Å². The Morgan fingerprint density at radius 2 is 1.68 bits per heavy atom. The number of hydrogen-bond acceptors (Lipinski definition) is 3. The van der Waals surface area contributed by atoms with Gasteiger partial charge in [0, 0.05) is 25.2 Å². The molecule has 1 aliphatic carbocycles. The third-order valence-corrected chi connectivity index (χ3v) is 4.49. The molecule has 0 aliphatic heterocycles. The van der Waals surface area contributed by atoms with Crippen LogP contribution in [-0.4, -0.2) is 21.0 Å². The SMILES string of the molecule is Cn1nc(CNC2CCCCCCC2)c(-c2ccccc2)n1. The molecule has 0 unspecified atom stereocenters. The van der Waals surface area contributed by atoms with Gasteiger partial charge in [0.1, 0.15) is 11.4 Å². The van der Waals surface area contributed by atoms with Gasteiger partial charge < -0.3 is 5.32 Å². The lowest BCUT2D eigenvalue weighted by Gasteiger charge is -2.20. The molecule has 0 bridgehead atoms. The summed E-state index contributed by atoms with van der Waals surface area (Å²) in [5.74, 6) is 0. The molecule has 1 aliphatic rings. The van der Waals surface area contributed by atoms with Gasteiger partial charge in [-0.3, -0.25) is 0 Å². The average molecular weight is 298 g/mol. The number of aryl methyl sites for hydroxylation is 1. The van der Waals surface area contributed by atoms with Gasteiger partial charge in [-0.15, -0.1) is 0 Å². The summed E-state index contributed by atoms with van der Waals surface area (Å²) < 4.78 is 0. The molecule has 1 heterocycles. The van der Waals surface area contributed by atoms with Gasteiger partial charge in [-0.05, 0) is 12.8 Å². The van der Waals surface area contributed by atoms with E-state index in [1.165, 1.54) is 44.9 Å². The van der Waals surface area contributed by atoms with Crippen molar-refractivity contribution in [2.45, 2.75) is 57.5 Å². The zero-order valence-electron chi connectivity index (χ0n) is 13.5. The smallest absolute Gasteiger partial charge is 0.117 e. The minimum Gasteiger partial charge on any atom is -0.308 e. The molecule has 1 N–H and O–H groups in total. The van der Waals surface area contributed by atoms with Crippen molar-refractivity contribution in [2.75, 3.05) is 0 Å². The van der Waals surface area contributed by atoms with Gasteiger partial charge in [-0.2, -0.15) is 15.0 Å².